The Hall–Kier alpha value is -3.69. The van der Waals surface area contributed by atoms with E-state index in [4.69, 9.17) is 0 Å². The van der Waals surface area contributed by atoms with Gasteiger partial charge in [-0.05, 0) is 73.8 Å². The molecule has 1 aromatic carbocycles. The fourth-order valence-corrected chi connectivity index (χ4v) is 9.31. The molecule has 0 spiro atoms. The first-order valence-corrected chi connectivity index (χ1v) is 17.8. The van der Waals surface area contributed by atoms with Crippen LogP contribution in [0.3, 0.4) is 0 Å². The van der Waals surface area contributed by atoms with Crippen molar-refractivity contribution in [2.45, 2.75) is 103 Å². The topological polar surface area (TPSA) is 98.9 Å². The maximum Gasteiger partial charge on any atom is 0.393 e. The third kappa shape index (κ3) is 6.15. The van der Waals surface area contributed by atoms with Gasteiger partial charge in [0.25, 0.3) is 0 Å². The Morgan fingerprint density at radius 3 is 2.52 bits per heavy atom. The van der Waals surface area contributed by atoms with Gasteiger partial charge in [0.05, 0.1) is 11.8 Å². The number of fused-ring (bicyclic) bond motifs is 2. The average molecular weight is 678 g/mol. The monoisotopic (exact) mass is 677 g/mol. The van der Waals surface area contributed by atoms with E-state index in [0.717, 1.165) is 80.5 Å². The number of anilines is 1. The lowest BCUT2D eigenvalue weighted by Crippen LogP contribution is -2.75. The van der Waals surface area contributed by atoms with Gasteiger partial charge in [-0.15, -0.1) is 11.3 Å². The van der Waals surface area contributed by atoms with Crippen molar-refractivity contribution in [1.29, 1.82) is 5.26 Å². The summed E-state index contributed by atoms with van der Waals surface area (Å²) in [4.78, 5) is 24.7. The molecule has 4 aliphatic rings. The predicted molar refractivity (Wildman–Crippen MR) is 182 cm³/mol. The number of nitrogens with one attached hydrogen (secondary N) is 2. The van der Waals surface area contributed by atoms with Crippen LogP contribution in [0.4, 0.5) is 19.0 Å². The maximum absolute atomic E-state index is 13.1. The van der Waals surface area contributed by atoms with Crippen LogP contribution in [0, 0.1) is 29.6 Å². The van der Waals surface area contributed by atoms with E-state index in [-0.39, 0.29) is 33.7 Å². The lowest BCUT2D eigenvalue weighted by atomic mass is 9.39. The van der Waals surface area contributed by atoms with Crippen LogP contribution in [0.2, 0.25) is 0 Å². The van der Waals surface area contributed by atoms with E-state index in [2.05, 4.69) is 55.2 Å². The Balaban J connectivity index is 0.998. The number of carbonyl (C=O) groups is 1. The third-order valence-corrected chi connectivity index (χ3v) is 11.7. The van der Waals surface area contributed by atoms with Crippen LogP contribution < -0.4 is 10.6 Å². The Bertz CT molecular complexity index is 1910. The summed E-state index contributed by atoms with van der Waals surface area (Å²) >= 11 is 1.10. The van der Waals surface area contributed by atoms with Crippen molar-refractivity contribution < 1.29 is 18.0 Å². The van der Waals surface area contributed by atoms with Crippen molar-refractivity contribution >= 4 is 44.2 Å². The standard InChI is InChI=1S/C36H42F3N7OS/c1-5-30-42-31(28-13-26(14-36(37,38)39)48-33(28)43-30)41-24-8-10-45(11-9-24)16-23-6-7-29-27(22(23)4)12-25(15-40)46(29)20-34-17-35(18-34,19-34)44-32(47)21(2)3/h6-7,12-13,21,24H,5,8-11,14,16-20H2,1-4H3,(H,44,47)(H,41,42,43). The molecule has 1 aliphatic heterocycles. The van der Waals surface area contributed by atoms with E-state index in [0.29, 0.717) is 34.0 Å². The summed E-state index contributed by atoms with van der Waals surface area (Å²) in [6.07, 6.45) is 0.0899. The molecule has 4 fully saturated rings. The van der Waals surface area contributed by atoms with E-state index < -0.39 is 12.6 Å². The number of piperidine rings is 1. The zero-order chi connectivity index (χ0) is 34.0. The number of likely N-dealkylation sites (tertiary alicyclic amines) is 1. The zero-order valence-electron chi connectivity index (χ0n) is 27.9. The summed E-state index contributed by atoms with van der Waals surface area (Å²) in [7, 11) is 0. The largest absolute Gasteiger partial charge is 0.393 e. The lowest BCUT2D eigenvalue weighted by molar-refractivity contribution is -0.173. The van der Waals surface area contributed by atoms with Crippen LogP contribution in [-0.2, 0) is 30.7 Å². The number of rotatable bonds is 10. The summed E-state index contributed by atoms with van der Waals surface area (Å²) in [5.74, 6) is 1.36. The SMILES string of the molecule is CCc1nc(NC2CCN(Cc3ccc4c(cc(C#N)n4CC45CC(NC(=O)C(C)C)(C4)C5)c3C)CC2)c2cc(CC(F)(F)F)sc2n1. The molecular weight excluding hydrogens is 636 g/mol. The number of carbonyl (C=O) groups excluding carboxylic acids is 1. The molecule has 4 heterocycles. The molecule has 254 valence electrons. The number of halogens is 3. The van der Waals surface area contributed by atoms with Crippen molar-refractivity contribution in [1.82, 2.24) is 24.8 Å². The Morgan fingerprint density at radius 1 is 1.15 bits per heavy atom. The van der Waals surface area contributed by atoms with Gasteiger partial charge in [0.15, 0.2) is 0 Å². The summed E-state index contributed by atoms with van der Waals surface area (Å²) < 4.78 is 41.4. The minimum absolute atomic E-state index is 0.0179. The van der Waals surface area contributed by atoms with E-state index >= 15 is 0 Å². The maximum atomic E-state index is 13.1. The Kier molecular flexibility index (Phi) is 8.22. The highest BCUT2D eigenvalue weighted by atomic mass is 32.1. The molecule has 1 amide bonds. The highest BCUT2D eigenvalue weighted by molar-refractivity contribution is 7.18. The molecule has 4 aromatic rings. The fourth-order valence-electron chi connectivity index (χ4n) is 8.23. The van der Waals surface area contributed by atoms with Gasteiger partial charge in [-0.2, -0.15) is 18.4 Å². The van der Waals surface area contributed by atoms with E-state index in [9.17, 15) is 23.2 Å². The normalized spacial score (nSPS) is 22.9. The number of aromatic nitrogens is 3. The van der Waals surface area contributed by atoms with Gasteiger partial charge in [0.2, 0.25) is 5.91 Å². The van der Waals surface area contributed by atoms with Crippen LogP contribution in [0.5, 0.6) is 0 Å². The summed E-state index contributed by atoms with van der Waals surface area (Å²) in [6, 6.07) is 10.6. The van der Waals surface area contributed by atoms with E-state index in [1.807, 2.05) is 26.8 Å². The van der Waals surface area contributed by atoms with Gasteiger partial charge in [-0.1, -0.05) is 26.8 Å². The number of nitriles is 1. The van der Waals surface area contributed by atoms with Crippen LogP contribution in [0.15, 0.2) is 24.3 Å². The van der Waals surface area contributed by atoms with Crippen LogP contribution >= 0.6 is 11.3 Å². The van der Waals surface area contributed by atoms with Crippen molar-refractivity contribution in [2.75, 3.05) is 18.4 Å². The van der Waals surface area contributed by atoms with Gasteiger partial charge < -0.3 is 15.2 Å². The third-order valence-electron chi connectivity index (χ3n) is 10.6. The molecule has 3 aromatic heterocycles. The number of hydrogen-bond acceptors (Lipinski definition) is 7. The lowest BCUT2D eigenvalue weighted by Gasteiger charge is -2.71. The summed E-state index contributed by atoms with van der Waals surface area (Å²) in [5, 5.41) is 18.6. The number of aryl methyl sites for hydroxylation is 2. The first-order chi connectivity index (χ1) is 22.8. The molecule has 48 heavy (non-hydrogen) atoms. The number of thiophene rings is 1. The second-order valence-corrected chi connectivity index (χ2v) is 15.8. The highest BCUT2D eigenvalue weighted by Crippen LogP contribution is 2.68. The second kappa shape index (κ2) is 12.0. The molecule has 8 rings (SSSR count). The summed E-state index contributed by atoms with van der Waals surface area (Å²) in [5.41, 5.74) is 4.32. The molecule has 3 aliphatic carbocycles. The quantitative estimate of drug-likeness (QED) is 0.183. The minimum atomic E-state index is -4.26. The molecule has 2 bridgehead atoms. The van der Waals surface area contributed by atoms with Crippen LogP contribution in [0.25, 0.3) is 21.1 Å². The first-order valence-electron chi connectivity index (χ1n) is 17.0. The van der Waals surface area contributed by atoms with Crippen LogP contribution in [0.1, 0.15) is 80.4 Å². The molecule has 0 unspecified atom stereocenters. The van der Waals surface area contributed by atoms with Crippen molar-refractivity contribution in [3.05, 3.63) is 51.8 Å². The first kappa shape index (κ1) is 32.8. The molecule has 12 heteroatoms. The smallest absolute Gasteiger partial charge is 0.367 e. The summed E-state index contributed by atoms with van der Waals surface area (Å²) in [6.45, 7) is 11.3. The molecule has 1 saturated heterocycles. The number of alkyl halides is 3. The van der Waals surface area contributed by atoms with Gasteiger partial charge in [-0.25, -0.2) is 9.97 Å². The number of benzene rings is 1. The Labute approximate surface area is 282 Å². The number of nitrogens with zero attached hydrogens (tertiary/aromatic N) is 5. The second-order valence-electron chi connectivity index (χ2n) is 14.7. The molecular formula is C36H42F3N7OS. The van der Waals surface area contributed by atoms with Crippen LogP contribution in [-0.4, -0.2) is 56.2 Å². The molecule has 3 saturated carbocycles. The van der Waals surface area contributed by atoms with Gasteiger partial charge in [-0.3, -0.25) is 9.69 Å². The van der Waals surface area contributed by atoms with Crippen molar-refractivity contribution in [3.8, 4) is 6.07 Å². The Morgan fingerprint density at radius 2 is 1.88 bits per heavy atom. The zero-order valence-corrected chi connectivity index (χ0v) is 28.7. The van der Waals surface area contributed by atoms with Crippen molar-refractivity contribution in [3.63, 3.8) is 0 Å². The number of amides is 1. The van der Waals surface area contributed by atoms with Gasteiger partial charge >= 0.3 is 6.18 Å². The average Bonchev–Trinajstić information content (AvgIpc) is 3.57. The van der Waals surface area contributed by atoms with Gasteiger partial charge in [0, 0.05) is 65.9 Å². The van der Waals surface area contributed by atoms with Crippen molar-refractivity contribution in [2.24, 2.45) is 11.3 Å². The minimum Gasteiger partial charge on any atom is -0.367 e. The molecule has 0 atom stereocenters. The van der Waals surface area contributed by atoms with Gasteiger partial charge in [0.1, 0.15) is 28.2 Å². The molecule has 2 N–H and O–H groups in total. The van der Waals surface area contributed by atoms with E-state index in [1.165, 1.54) is 11.1 Å². The number of hydrogen-bond donors (Lipinski definition) is 2. The van der Waals surface area contributed by atoms with E-state index in [1.54, 1.807) is 6.07 Å². The molecule has 0 radical (unpaired) electrons. The molecule has 8 nitrogen and oxygen atoms in total. The predicted octanol–water partition coefficient (Wildman–Crippen LogP) is 7.26. The fraction of sp³-hybridized carbons (Fsp3) is 0.556. The highest BCUT2D eigenvalue weighted by Gasteiger charge is 2.68.